The second kappa shape index (κ2) is 9.31. The third-order valence-corrected chi connectivity index (χ3v) is 6.07. The van der Waals surface area contributed by atoms with Gasteiger partial charge in [0, 0.05) is 39.4 Å². The molecule has 0 saturated heterocycles. The maximum Gasteiger partial charge on any atom is 0.240 e. The summed E-state index contributed by atoms with van der Waals surface area (Å²) in [6.45, 7) is 1.86. The highest BCUT2D eigenvalue weighted by atomic mass is 32.1. The predicted molar refractivity (Wildman–Crippen MR) is 122 cm³/mol. The van der Waals surface area contributed by atoms with Crippen LogP contribution in [0.25, 0.3) is 10.1 Å². The van der Waals surface area contributed by atoms with Crippen molar-refractivity contribution in [2.24, 2.45) is 5.10 Å². The number of nitrogens with one attached hydrogen (secondary N) is 1. The summed E-state index contributed by atoms with van der Waals surface area (Å²) < 4.78 is 12.3. The van der Waals surface area contributed by atoms with Crippen molar-refractivity contribution >= 4 is 38.8 Å². The van der Waals surface area contributed by atoms with Gasteiger partial charge in [0.1, 0.15) is 0 Å². The summed E-state index contributed by atoms with van der Waals surface area (Å²) >= 11 is 1.64. The Morgan fingerprint density at radius 3 is 2.71 bits per heavy atom. The average molecular weight is 437 g/mol. The molecule has 4 rings (SSSR count). The zero-order chi connectivity index (χ0) is 21.8. The molecule has 2 aromatic carbocycles. The average Bonchev–Trinajstić information content (AvgIpc) is 3.51. The number of fused-ring (bicyclic) bond motifs is 1. The third kappa shape index (κ3) is 5.11. The van der Waals surface area contributed by atoms with E-state index < -0.39 is 0 Å². The van der Waals surface area contributed by atoms with Gasteiger partial charge in [-0.3, -0.25) is 9.59 Å². The van der Waals surface area contributed by atoms with Gasteiger partial charge in [-0.25, -0.2) is 5.43 Å². The molecule has 7 heteroatoms. The summed E-state index contributed by atoms with van der Waals surface area (Å²) in [5.74, 6) is 0.749. The van der Waals surface area contributed by atoms with E-state index in [-0.39, 0.29) is 30.6 Å². The van der Waals surface area contributed by atoms with Crippen LogP contribution in [-0.2, 0) is 4.79 Å². The lowest BCUT2D eigenvalue weighted by atomic mass is 10.1. The molecule has 3 aromatic rings. The van der Waals surface area contributed by atoms with Gasteiger partial charge in [0.2, 0.25) is 5.91 Å². The summed E-state index contributed by atoms with van der Waals surface area (Å²) in [5.41, 5.74) is 4.78. The minimum Gasteiger partial charge on any atom is -0.493 e. The van der Waals surface area contributed by atoms with E-state index in [1.165, 1.54) is 4.70 Å². The number of amides is 1. The minimum atomic E-state index is -0.298. The Hall–Kier alpha value is -3.19. The molecule has 1 fully saturated rings. The van der Waals surface area contributed by atoms with E-state index in [2.05, 4.69) is 16.6 Å². The molecule has 160 valence electrons. The number of Topliss-reactive ketones (excluding diaryl/α,β-unsaturated/α-hetero) is 1. The number of ketones is 1. The Bertz CT molecular complexity index is 1150. The Morgan fingerprint density at radius 2 is 1.94 bits per heavy atom. The maximum absolute atomic E-state index is 12.5. The third-order valence-electron chi connectivity index (χ3n) is 5.10. The lowest BCUT2D eigenvalue weighted by Gasteiger charge is -2.11. The van der Waals surface area contributed by atoms with E-state index in [0.717, 1.165) is 29.5 Å². The summed E-state index contributed by atoms with van der Waals surface area (Å²) in [7, 11) is 1.55. The standard InChI is InChI=1S/C24H24N2O4S/c1-15(19-14-31-23-6-4-3-5-18(19)23)25-26-24(28)12-10-20(27)16-7-11-21(22(13-16)29-2)30-17-8-9-17/h3-7,11,13-14,17H,8-10,12H2,1-2H3,(H,26,28)/b25-15+. The number of ether oxygens (including phenoxy) is 2. The van der Waals surface area contributed by atoms with Crippen LogP contribution in [0.1, 0.15) is 48.5 Å². The Kier molecular flexibility index (Phi) is 6.32. The van der Waals surface area contributed by atoms with Crippen molar-refractivity contribution in [3.8, 4) is 11.5 Å². The molecule has 1 N–H and O–H groups in total. The highest BCUT2D eigenvalue weighted by Crippen LogP contribution is 2.34. The second-order valence-electron chi connectivity index (χ2n) is 7.48. The van der Waals surface area contributed by atoms with Crippen LogP contribution < -0.4 is 14.9 Å². The fraction of sp³-hybridized carbons (Fsp3) is 0.292. The van der Waals surface area contributed by atoms with Crippen molar-refractivity contribution in [3.63, 3.8) is 0 Å². The quantitative estimate of drug-likeness (QED) is 0.292. The number of carbonyl (C=O) groups excluding carboxylic acids is 2. The molecule has 0 unspecified atom stereocenters. The van der Waals surface area contributed by atoms with E-state index >= 15 is 0 Å². The molecule has 1 aliphatic carbocycles. The molecule has 0 radical (unpaired) electrons. The zero-order valence-electron chi connectivity index (χ0n) is 17.5. The molecule has 0 bridgehead atoms. The van der Waals surface area contributed by atoms with E-state index in [4.69, 9.17) is 9.47 Å². The van der Waals surface area contributed by atoms with Gasteiger partial charge in [0.25, 0.3) is 0 Å². The predicted octanol–water partition coefficient (Wildman–Crippen LogP) is 4.95. The van der Waals surface area contributed by atoms with Crippen LogP contribution in [0.4, 0.5) is 0 Å². The lowest BCUT2D eigenvalue weighted by Crippen LogP contribution is -2.20. The van der Waals surface area contributed by atoms with Crippen LogP contribution in [0.2, 0.25) is 0 Å². The van der Waals surface area contributed by atoms with E-state index in [1.54, 1.807) is 36.6 Å². The number of nitrogens with zero attached hydrogens (tertiary/aromatic N) is 1. The lowest BCUT2D eigenvalue weighted by molar-refractivity contribution is -0.121. The summed E-state index contributed by atoms with van der Waals surface area (Å²) in [5, 5.41) is 7.36. The number of rotatable bonds is 9. The van der Waals surface area contributed by atoms with Gasteiger partial charge in [0.05, 0.1) is 18.9 Å². The van der Waals surface area contributed by atoms with Crippen LogP contribution in [0, 0.1) is 0 Å². The monoisotopic (exact) mass is 436 g/mol. The number of thiophene rings is 1. The molecule has 1 aliphatic rings. The van der Waals surface area contributed by atoms with E-state index in [9.17, 15) is 9.59 Å². The van der Waals surface area contributed by atoms with E-state index in [1.807, 2.05) is 30.5 Å². The molecular formula is C24H24N2O4S. The first-order valence-electron chi connectivity index (χ1n) is 10.2. The molecule has 31 heavy (non-hydrogen) atoms. The fourth-order valence-corrected chi connectivity index (χ4v) is 4.20. The zero-order valence-corrected chi connectivity index (χ0v) is 18.3. The summed E-state index contributed by atoms with van der Waals surface area (Å²) in [6.07, 6.45) is 2.49. The van der Waals surface area contributed by atoms with Crippen LogP contribution in [0.3, 0.4) is 0 Å². The van der Waals surface area contributed by atoms with Crippen molar-refractivity contribution < 1.29 is 19.1 Å². The molecule has 6 nitrogen and oxygen atoms in total. The van der Waals surface area contributed by atoms with Crippen LogP contribution in [-0.4, -0.2) is 30.6 Å². The summed E-state index contributed by atoms with van der Waals surface area (Å²) in [4.78, 5) is 24.7. The number of hydrazone groups is 1. The number of hydrogen-bond donors (Lipinski definition) is 1. The summed E-state index contributed by atoms with van der Waals surface area (Å²) in [6, 6.07) is 13.2. The molecule has 1 amide bonds. The van der Waals surface area contributed by atoms with Crippen LogP contribution in [0.15, 0.2) is 52.9 Å². The molecule has 1 saturated carbocycles. The van der Waals surface area contributed by atoms with Crippen molar-refractivity contribution in [2.75, 3.05) is 7.11 Å². The van der Waals surface area contributed by atoms with Crippen molar-refractivity contribution in [2.45, 2.75) is 38.7 Å². The van der Waals surface area contributed by atoms with Gasteiger partial charge in [-0.1, -0.05) is 18.2 Å². The largest absolute Gasteiger partial charge is 0.493 e. The van der Waals surface area contributed by atoms with Gasteiger partial charge in [0.15, 0.2) is 17.3 Å². The van der Waals surface area contributed by atoms with Gasteiger partial charge < -0.3 is 9.47 Å². The van der Waals surface area contributed by atoms with Crippen molar-refractivity contribution in [1.82, 2.24) is 5.43 Å². The normalized spacial score (nSPS) is 13.8. The molecule has 1 heterocycles. The smallest absolute Gasteiger partial charge is 0.240 e. The number of hydrogen-bond acceptors (Lipinski definition) is 6. The molecule has 0 atom stereocenters. The highest BCUT2D eigenvalue weighted by molar-refractivity contribution is 7.17. The topological polar surface area (TPSA) is 77.0 Å². The first-order valence-corrected chi connectivity index (χ1v) is 11.1. The van der Waals surface area contributed by atoms with Crippen LogP contribution >= 0.6 is 11.3 Å². The SMILES string of the molecule is COc1cc(C(=O)CCC(=O)N/N=C(\C)c2csc3ccccc23)ccc1OC1CC1. The van der Waals surface area contributed by atoms with Gasteiger partial charge in [-0.2, -0.15) is 5.10 Å². The number of carbonyl (C=O) groups is 2. The fourth-order valence-electron chi connectivity index (χ4n) is 3.20. The van der Waals surface area contributed by atoms with Crippen molar-refractivity contribution in [1.29, 1.82) is 0 Å². The molecule has 1 aromatic heterocycles. The van der Waals surface area contributed by atoms with Crippen molar-refractivity contribution in [3.05, 3.63) is 59.0 Å². The molecule has 0 aliphatic heterocycles. The second-order valence-corrected chi connectivity index (χ2v) is 8.39. The van der Waals surface area contributed by atoms with E-state index in [0.29, 0.717) is 17.1 Å². The Labute approximate surface area is 184 Å². The molecular weight excluding hydrogens is 412 g/mol. The van der Waals surface area contributed by atoms with Gasteiger partial charge in [-0.15, -0.1) is 11.3 Å². The first-order chi connectivity index (χ1) is 15.0. The first kappa shape index (κ1) is 21.1. The van der Waals surface area contributed by atoms with Crippen LogP contribution in [0.5, 0.6) is 11.5 Å². The minimum absolute atomic E-state index is 0.0582. The Balaban J connectivity index is 1.33. The van der Waals surface area contributed by atoms with Gasteiger partial charge >= 0.3 is 0 Å². The Morgan fingerprint density at radius 1 is 1.13 bits per heavy atom. The maximum atomic E-state index is 12.5. The molecule has 0 spiro atoms. The highest BCUT2D eigenvalue weighted by Gasteiger charge is 2.25. The van der Waals surface area contributed by atoms with Gasteiger partial charge in [-0.05, 0) is 44.0 Å². The number of benzene rings is 2. The number of methoxy groups -OCH3 is 1.